The molecule has 0 aromatic carbocycles. The van der Waals surface area contributed by atoms with Crippen LogP contribution in [0.25, 0.3) is 5.52 Å². The molecule has 2 aromatic rings. The maximum Gasteiger partial charge on any atom is 0.0834 e. The first-order chi connectivity index (χ1) is 7.22. The van der Waals surface area contributed by atoms with Crippen molar-refractivity contribution in [1.82, 2.24) is 9.61 Å². The quantitative estimate of drug-likeness (QED) is 0.926. The van der Waals surface area contributed by atoms with Crippen LogP contribution in [0.4, 0.5) is 5.69 Å². The fourth-order valence-electron chi connectivity index (χ4n) is 1.58. The number of rotatable bonds is 3. The Labute approximate surface area is 97.6 Å². The summed E-state index contributed by atoms with van der Waals surface area (Å²) in [6, 6.07) is 2.10. The van der Waals surface area contributed by atoms with Crippen LogP contribution in [0, 0.1) is 6.92 Å². The number of aromatic nitrogens is 2. The van der Waals surface area contributed by atoms with Crippen molar-refractivity contribution in [2.24, 2.45) is 0 Å². The van der Waals surface area contributed by atoms with Gasteiger partial charge in [-0.1, -0.05) is 6.92 Å². The maximum absolute atomic E-state index is 4.29. The molecule has 3 nitrogen and oxygen atoms in total. The zero-order valence-electron chi connectivity index (χ0n) is 8.92. The monoisotopic (exact) mass is 267 g/mol. The summed E-state index contributed by atoms with van der Waals surface area (Å²) in [5.74, 6) is 0. The second kappa shape index (κ2) is 4.23. The summed E-state index contributed by atoms with van der Waals surface area (Å²) in [7, 11) is 0. The molecular formula is C11H14BrN3. The molecule has 1 N–H and O–H groups in total. The third-order valence-electron chi connectivity index (χ3n) is 2.33. The van der Waals surface area contributed by atoms with E-state index in [9.17, 15) is 0 Å². The number of fused-ring (bicyclic) bond motifs is 1. The molecule has 0 fully saturated rings. The minimum atomic E-state index is 0.984. The van der Waals surface area contributed by atoms with Crippen molar-refractivity contribution >= 4 is 27.1 Å². The first-order valence-corrected chi connectivity index (χ1v) is 5.89. The Balaban J connectivity index is 2.44. The average Bonchev–Trinajstić information content (AvgIpc) is 2.58. The summed E-state index contributed by atoms with van der Waals surface area (Å²) in [5.41, 5.74) is 3.42. The molecule has 15 heavy (non-hydrogen) atoms. The van der Waals surface area contributed by atoms with E-state index in [4.69, 9.17) is 0 Å². The highest BCUT2D eigenvalue weighted by Gasteiger charge is 2.05. The van der Waals surface area contributed by atoms with E-state index in [0.29, 0.717) is 0 Å². The molecule has 0 unspecified atom stereocenters. The molecule has 2 heterocycles. The van der Waals surface area contributed by atoms with Crippen LogP contribution in [0.1, 0.15) is 18.9 Å². The zero-order valence-corrected chi connectivity index (χ0v) is 10.5. The lowest BCUT2D eigenvalue weighted by Crippen LogP contribution is -2.01. The molecule has 0 bridgehead atoms. The molecule has 0 amide bonds. The summed E-state index contributed by atoms with van der Waals surface area (Å²) >= 11 is 3.57. The van der Waals surface area contributed by atoms with Crippen LogP contribution in [-0.4, -0.2) is 16.2 Å². The highest BCUT2D eigenvalue weighted by molar-refractivity contribution is 9.10. The van der Waals surface area contributed by atoms with Crippen molar-refractivity contribution in [3.63, 3.8) is 0 Å². The molecule has 0 radical (unpaired) electrons. The number of nitrogens with zero attached hydrogens (tertiary/aromatic N) is 2. The van der Waals surface area contributed by atoms with E-state index in [1.54, 1.807) is 0 Å². The van der Waals surface area contributed by atoms with E-state index in [1.165, 1.54) is 5.56 Å². The second-order valence-corrected chi connectivity index (χ2v) is 4.48. The largest absolute Gasteiger partial charge is 0.384 e. The molecular weight excluding hydrogens is 254 g/mol. The molecule has 0 spiro atoms. The van der Waals surface area contributed by atoms with E-state index < -0.39 is 0 Å². The van der Waals surface area contributed by atoms with Gasteiger partial charge >= 0.3 is 0 Å². The van der Waals surface area contributed by atoms with Gasteiger partial charge in [0.2, 0.25) is 0 Å². The van der Waals surface area contributed by atoms with E-state index >= 15 is 0 Å². The van der Waals surface area contributed by atoms with Gasteiger partial charge in [-0.25, -0.2) is 4.52 Å². The second-order valence-electron chi connectivity index (χ2n) is 3.62. The number of anilines is 1. The van der Waals surface area contributed by atoms with Gasteiger partial charge in [0.05, 0.1) is 23.6 Å². The van der Waals surface area contributed by atoms with E-state index in [1.807, 2.05) is 16.9 Å². The molecule has 2 rings (SSSR count). The normalized spacial score (nSPS) is 10.9. The van der Waals surface area contributed by atoms with Gasteiger partial charge in [0, 0.05) is 11.0 Å². The van der Waals surface area contributed by atoms with Crippen LogP contribution in [0.3, 0.4) is 0 Å². The van der Waals surface area contributed by atoms with E-state index in [2.05, 4.69) is 46.3 Å². The fraction of sp³-hybridized carbons (Fsp3) is 0.364. The summed E-state index contributed by atoms with van der Waals surface area (Å²) in [5, 5.41) is 7.64. The lowest BCUT2D eigenvalue weighted by atomic mass is 10.3. The SMILES string of the molecule is CCCNc1cc(Br)c2c(C)cnn2c1. The third-order valence-corrected chi connectivity index (χ3v) is 2.93. The molecule has 0 aliphatic rings. The number of pyridine rings is 1. The molecule has 0 atom stereocenters. The highest BCUT2D eigenvalue weighted by Crippen LogP contribution is 2.24. The van der Waals surface area contributed by atoms with Gasteiger partial charge in [-0.15, -0.1) is 0 Å². The lowest BCUT2D eigenvalue weighted by Gasteiger charge is -2.06. The topological polar surface area (TPSA) is 29.3 Å². The van der Waals surface area contributed by atoms with Crippen LogP contribution in [0.2, 0.25) is 0 Å². The van der Waals surface area contributed by atoms with E-state index in [0.717, 1.165) is 28.6 Å². The average molecular weight is 268 g/mol. The van der Waals surface area contributed by atoms with Crippen LogP contribution in [0.15, 0.2) is 22.9 Å². The van der Waals surface area contributed by atoms with Crippen molar-refractivity contribution in [2.45, 2.75) is 20.3 Å². The Bertz CT molecular complexity index is 476. The maximum atomic E-state index is 4.29. The molecule has 0 aliphatic heterocycles. The number of halogens is 1. The molecule has 0 saturated heterocycles. The van der Waals surface area contributed by atoms with Crippen molar-refractivity contribution in [1.29, 1.82) is 0 Å². The first kappa shape index (κ1) is 10.5. The van der Waals surface area contributed by atoms with Gasteiger partial charge in [0.1, 0.15) is 0 Å². The Morgan fingerprint density at radius 3 is 3.07 bits per heavy atom. The summed E-state index contributed by atoms with van der Waals surface area (Å²) in [6.07, 6.45) is 5.01. The van der Waals surface area contributed by atoms with Gasteiger partial charge in [-0.3, -0.25) is 0 Å². The fourth-order valence-corrected chi connectivity index (χ4v) is 2.32. The van der Waals surface area contributed by atoms with Gasteiger partial charge in [-0.2, -0.15) is 5.10 Å². The Hall–Kier alpha value is -1.03. The van der Waals surface area contributed by atoms with Gasteiger partial charge < -0.3 is 5.32 Å². The zero-order chi connectivity index (χ0) is 10.8. The van der Waals surface area contributed by atoms with Gasteiger partial charge in [0.15, 0.2) is 0 Å². The summed E-state index contributed by atoms with van der Waals surface area (Å²) < 4.78 is 2.98. The van der Waals surface area contributed by atoms with Crippen molar-refractivity contribution < 1.29 is 0 Å². The Kier molecular flexibility index (Phi) is 2.95. The molecule has 2 aromatic heterocycles. The van der Waals surface area contributed by atoms with Crippen molar-refractivity contribution in [2.75, 3.05) is 11.9 Å². The Morgan fingerprint density at radius 1 is 1.53 bits per heavy atom. The number of hydrogen-bond acceptors (Lipinski definition) is 2. The third kappa shape index (κ3) is 2.00. The predicted molar refractivity (Wildman–Crippen MR) is 66.4 cm³/mol. The molecule has 80 valence electrons. The molecule has 0 saturated carbocycles. The Morgan fingerprint density at radius 2 is 2.33 bits per heavy atom. The highest BCUT2D eigenvalue weighted by atomic mass is 79.9. The van der Waals surface area contributed by atoms with Crippen LogP contribution < -0.4 is 5.32 Å². The number of aryl methyl sites for hydroxylation is 1. The first-order valence-electron chi connectivity index (χ1n) is 5.09. The molecule has 4 heteroatoms. The van der Waals surface area contributed by atoms with Gasteiger partial charge in [0.25, 0.3) is 0 Å². The van der Waals surface area contributed by atoms with Crippen LogP contribution in [-0.2, 0) is 0 Å². The predicted octanol–water partition coefficient (Wildman–Crippen LogP) is 3.23. The summed E-state index contributed by atoms with van der Waals surface area (Å²) in [4.78, 5) is 0. The number of hydrogen-bond donors (Lipinski definition) is 1. The van der Waals surface area contributed by atoms with Crippen LogP contribution >= 0.6 is 15.9 Å². The van der Waals surface area contributed by atoms with Gasteiger partial charge in [-0.05, 0) is 40.9 Å². The standard InChI is InChI=1S/C11H14BrN3/c1-3-4-13-9-5-10(12)11-8(2)6-14-15(11)7-9/h5-7,13H,3-4H2,1-2H3. The smallest absolute Gasteiger partial charge is 0.0834 e. The lowest BCUT2D eigenvalue weighted by molar-refractivity contribution is 0.941. The van der Waals surface area contributed by atoms with Crippen molar-refractivity contribution in [3.05, 3.63) is 28.5 Å². The minimum absolute atomic E-state index is 0.984. The van der Waals surface area contributed by atoms with E-state index in [-0.39, 0.29) is 0 Å². The minimum Gasteiger partial charge on any atom is -0.384 e. The van der Waals surface area contributed by atoms with Crippen LogP contribution in [0.5, 0.6) is 0 Å². The van der Waals surface area contributed by atoms with Crippen molar-refractivity contribution in [3.8, 4) is 0 Å². The summed E-state index contributed by atoms with van der Waals surface area (Å²) in [6.45, 7) is 5.20. The number of nitrogens with one attached hydrogen (secondary N) is 1. The molecule has 0 aliphatic carbocycles.